The summed E-state index contributed by atoms with van der Waals surface area (Å²) in [4.78, 5) is 18.7. The zero-order valence-corrected chi connectivity index (χ0v) is 13.2. The highest BCUT2D eigenvalue weighted by Crippen LogP contribution is 2.33. The molecule has 24 heavy (non-hydrogen) atoms. The normalized spacial score (nSPS) is 17.3. The number of hydrogen-bond acceptors (Lipinski definition) is 4. The number of fused-ring (bicyclic) bond motifs is 1. The lowest BCUT2D eigenvalue weighted by atomic mass is 10.2. The van der Waals surface area contributed by atoms with E-state index in [1.54, 1.807) is 4.90 Å². The van der Waals surface area contributed by atoms with Gasteiger partial charge in [0.25, 0.3) is 0 Å². The van der Waals surface area contributed by atoms with Crippen LogP contribution < -0.4 is 0 Å². The molecule has 5 heteroatoms. The van der Waals surface area contributed by atoms with Crippen molar-refractivity contribution in [3.8, 4) is 0 Å². The molecule has 2 heterocycles. The topological polar surface area (TPSA) is 55.6 Å². The van der Waals surface area contributed by atoms with Crippen molar-refractivity contribution in [2.45, 2.75) is 25.5 Å². The SMILES string of the molecule is O=C(OCc1ccccc1)N1CCCC1c1nc2ccccc2o1. The number of rotatable bonds is 3. The molecule has 0 N–H and O–H groups in total. The lowest BCUT2D eigenvalue weighted by Gasteiger charge is -2.21. The lowest BCUT2D eigenvalue weighted by molar-refractivity contribution is 0.0881. The smallest absolute Gasteiger partial charge is 0.410 e. The molecular weight excluding hydrogens is 304 g/mol. The average molecular weight is 322 g/mol. The van der Waals surface area contributed by atoms with E-state index in [4.69, 9.17) is 9.15 Å². The summed E-state index contributed by atoms with van der Waals surface area (Å²) in [6.07, 6.45) is 1.44. The van der Waals surface area contributed by atoms with Crippen LogP contribution in [0.3, 0.4) is 0 Å². The molecule has 122 valence electrons. The van der Waals surface area contributed by atoms with Gasteiger partial charge in [-0.15, -0.1) is 0 Å². The van der Waals surface area contributed by atoms with E-state index in [1.165, 1.54) is 0 Å². The molecular formula is C19H18N2O3. The van der Waals surface area contributed by atoms with Crippen molar-refractivity contribution >= 4 is 17.2 Å². The van der Waals surface area contributed by atoms with Crippen LogP contribution in [0.25, 0.3) is 11.1 Å². The summed E-state index contributed by atoms with van der Waals surface area (Å²) in [5.74, 6) is 0.588. The monoisotopic (exact) mass is 322 g/mol. The van der Waals surface area contributed by atoms with Crippen molar-refractivity contribution in [3.63, 3.8) is 0 Å². The minimum Gasteiger partial charge on any atom is -0.445 e. The van der Waals surface area contributed by atoms with Crippen molar-refractivity contribution in [1.82, 2.24) is 9.88 Å². The van der Waals surface area contributed by atoms with E-state index in [0.29, 0.717) is 12.4 Å². The van der Waals surface area contributed by atoms with Crippen LogP contribution in [0, 0.1) is 0 Å². The number of para-hydroxylation sites is 2. The number of nitrogens with zero attached hydrogens (tertiary/aromatic N) is 2. The zero-order chi connectivity index (χ0) is 16.4. The number of aromatic nitrogens is 1. The first-order valence-electron chi connectivity index (χ1n) is 8.14. The molecule has 1 fully saturated rings. The predicted octanol–water partition coefficient (Wildman–Crippen LogP) is 4.30. The third kappa shape index (κ3) is 2.85. The third-order valence-electron chi connectivity index (χ3n) is 4.29. The Morgan fingerprint density at radius 2 is 1.96 bits per heavy atom. The Kier molecular flexibility index (Phi) is 3.91. The summed E-state index contributed by atoms with van der Waals surface area (Å²) in [5.41, 5.74) is 2.54. The van der Waals surface area contributed by atoms with Crippen LogP contribution >= 0.6 is 0 Å². The lowest BCUT2D eigenvalue weighted by Crippen LogP contribution is -2.31. The van der Waals surface area contributed by atoms with Gasteiger partial charge in [0.15, 0.2) is 5.58 Å². The van der Waals surface area contributed by atoms with Crippen molar-refractivity contribution in [2.75, 3.05) is 6.54 Å². The molecule has 1 aliphatic heterocycles. The highest BCUT2D eigenvalue weighted by molar-refractivity contribution is 5.73. The Balaban J connectivity index is 1.48. The van der Waals surface area contributed by atoms with Crippen molar-refractivity contribution in [2.24, 2.45) is 0 Å². The quantitative estimate of drug-likeness (QED) is 0.721. The molecule has 3 aromatic rings. The van der Waals surface area contributed by atoms with Gasteiger partial charge in [-0.25, -0.2) is 9.78 Å². The molecule has 4 rings (SSSR count). The van der Waals surface area contributed by atoms with Gasteiger partial charge < -0.3 is 9.15 Å². The molecule has 0 spiro atoms. The van der Waals surface area contributed by atoms with Gasteiger partial charge in [-0.2, -0.15) is 0 Å². The molecule has 2 aromatic carbocycles. The van der Waals surface area contributed by atoms with Crippen molar-refractivity contribution in [1.29, 1.82) is 0 Å². The Hall–Kier alpha value is -2.82. The number of amides is 1. The maximum atomic E-state index is 12.5. The number of ether oxygens (including phenoxy) is 1. The van der Waals surface area contributed by atoms with Gasteiger partial charge >= 0.3 is 6.09 Å². The molecule has 0 aliphatic carbocycles. The maximum Gasteiger partial charge on any atom is 0.410 e. The third-order valence-corrected chi connectivity index (χ3v) is 4.29. The van der Waals surface area contributed by atoms with Gasteiger partial charge in [-0.05, 0) is 30.5 Å². The highest BCUT2D eigenvalue weighted by atomic mass is 16.6. The van der Waals surface area contributed by atoms with Gasteiger partial charge in [0.1, 0.15) is 18.2 Å². The maximum absolute atomic E-state index is 12.5. The molecule has 0 radical (unpaired) electrons. The van der Waals surface area contributed by atoms with Crippen molar-refractivity contribution < 1.29 is 13.9 Å². The fourth-order valence-corrected chi connectivity index (χ4v) is 3.08. The van der Waals surface area contributed by atoms with E-state index < -0.39 is 0 Å². The van der Waals surface area contributed by atoms with Crippen LogP contribution in [-0.2, 0) is 11.3 Å². The predicted molar refractivity (Wildman–Crippen MR) is 89.3 cm³/mol. The van der Waals surface area contributed by atoms with E-state index in [9.17, 15) is 4.79 Å². The second kappa shape index (κ2) is 6.35. The number of likely N-dealkylation sites (tertiary alicyclic amines) is 1. The summed E-state index contributed by atoms with van der Waals surface area (Å²) < 4.78 is 11.3. The molecule has 0 bridgehead atoms. The first kappa shape index (κ1) is 14.8. The average Bonchev–Trinajstić information content (AvgIpc) is 3.26. The zero-order valence-electron chi connectivity index (χ0n) is 13.2. The largest absolute Gasteiger partial charge is 0.445 e. The van der Waals surface area contributed by atoms with Gasteiger partial charge in [-0.1, -0.05) is 42.5 Å². The van der Waals surface area contributed by atoms with Crippen LogP contribution in [0.15, 0.2) is 59.0 Å². The molecule has 1 atom stereocenters. The Morgan fingerprint density at radius 3 is 2.79 bits per heavy atom. The molecule has 1 amide bonds. The van der Waals surface area contributed by atoms with Gasteiger partial charge in [0, 0.05) is 6.54 Å². The van der Waals surface area contributed by atoms with Crippen LogP contribution in [0.1, 0.15) is 30.3 Å². The molecule has 0 saturated carbocycles. The Morgan fingerprint density at radius 1 is 1.17 bits per heavy atom. The van der Waals surface area contributed by atoms with E-state index in [2.05, 4.69) is 4.98 Å². The fraction of sp³-hybridized carbons (Fsp3) is 0.263. The first-order chi connectivity index (χ1) is 11.8. The first-order valence-corrected chi connectivity index (χ1v) is 8.14. The summed E-state index contributed by atoms with van der Waals surface area (Å²) in [6.45, 7) is 0.938. The van der Waals surface area contributed by atoms with Gasteiger partial charge in [0.2, 0.25) is 5.89 Å². The van der Waals surface area contributed by atoms with Gasteiger partial charge in [0.05, 0.1) is 0 Å². The van der Waals surface area contributed by atoms with E-state index in [1.807, 2.05) is 54.6 Å². The molecule has 5 nitrogen and oxygen atoms in total. The van der Waals surface area contributed by atoms with Crippen LogP contribution in [0.2, 0.25) is 0 Å². The number of hydrogen-bond donors (Lipinski definition) is 0. The molecule has 1 aromatic heterocycles. The minimum atomic E-state index is -0.316. The Labute approximate surface area is 139 Å². The van der Waals surface area contributed by atoms with Crippen molar-refractivity contribution in [3.05, 3.63) is 66.1 Å². The standard InChI is InChI=1S/C19H18N2O3/c22-19(23-13-14-7-2-1-3-8-14)21-12-6-10-16(21)18-20-15-9-4-5-11-17(15)24-18/h1-5,7-9,11,16H,6,10,12-13H2. The summed E-state index contributed by atoms with van der Waals surface area (Å²) in [5, 5.41) is 0. The fourth-order valence-electron chi connectivity index (χ4n) is 3.08. The van der Waals surface area contributed by atoms with Gasteiger partial charge in [-0.3, -0.25) is 4.90 Å². The van der Waals surface area contributed by atoms with Crippen LogP contribution in [-0.4, -0.2) is 22.5 Å². The molecule has 1 aliphatic rings. The second-order valence-corrected chi connectivity index (χ2v) is 5.91. The molecule has 1 saturated heterocycles. The van der Waals surface area contributed by atoms with E-state index in [-0.39, 0.29) is 18.7 Å². The van der Waals surface area contributed by atoms with Crippen LogP contribution in [0.5, 0.6) is 0 Å². The number of carbonyl (C=O) groups is 1. The van der Waals surface area contributed by atoms with E-state index >= 15 is 0 Å². The summed E-state index contributed by atoms with van der Waals surface area (Å²) in [6, 6.07) is 17.2. The van der Waals surface area contributed by atoms with Crippen LogP contribution in [0.4, 0.5) is 4.79 Å². The minimum absolute atomic E-state index is 0.152. The highest BCUT2D eigenvalue weighted by Gasteiger charge is 2.34. The summed E-state index contributed by atoms with van der Waals surface area (Å²) >= 11 is 0. The Bertz CT molecular complexity index is 811. The number of carbonyl (C=O) groups excluding carboxylic acids is 1. The second-order valence-electron chi connectivity index (χ2n) is 5.91. The van der Waals surface area contributed by atoms with E-state index in [0.717, 1.165) is 29.5 Å². The summed E-state index contributed by atoms with van der Waals surface area (Å²) in [7, 11) is 0. The number of oxazole rings is 1. The number of benzene rings is 2. The molecule has 1 unspecified atom stereocenters.